The van der Waals surface area contributed by atoms with Crippen molar-refractivity contribution in [2.75, 3.05) is 40.3 Å². The fourth-order valence-corrected chi connectivity index (χ4v) is 5.97. The van der Waals surface area contributed by atoms with Crippen LogP contribution in [-0.2, 0) is 11.5 Å². The van der Waals surface area contributed by atoms with Gasteiger partial charge in [0.25, 0.3) is 0 Å². The van der Waals surface area contributed by atoms with Crippen molar-refractivity contribution in [3.63, 3.8) is 0 Å². The van der Waals surface area contributed by atoms with Gasteiger partial charge in [0.1, 0.15) is 17.3 Å². The molecule has 2 aliphatic rings. The van der Waals surface area contributed by atoms with Crippen molar-refractivity contribution in [2.45, 2.75) is 12.7 Å². The standard InChI is InChI=1S/C22H27N7O2S2/c1-27-10-4-11-28(33(27)30)12-9-24-21-23-8-7-18(25-21)20-19(26-22-29(20)13-14-32-22)16-5-3-6-17(15-16)31-2/h3,5-8,13-15,21,24-25H,4,9-12H2,1-2H3. The number of allylic oxidation sites excluding steroid dienone is 1. The van der Waals surface area contributed by atoms with Crippen LogP contribution in [-0.4, -0.2) is 75.4 Å². The summed E-state index contributed by atoms with van der Waals surface area (Å²) in [7, 11) is 3.57. The number of hydrogen-bond acceptors (Lipinski definition) is 9. The van der Waals surface area contributed by atoms with E-state index in [9.17, 15) is 4.55 Å². The summed E-state index contributed by atoms with van der Waals surface area (Å²) >= 11 is 0.537. The number of benzene rings is 1. The molecule has 174 valence electrons. The fraction of sp³-hybridized carbons (Fsp3) is 0.364. The minimum Gasteiger partial charge on any atom is -0.578 e. The third-order valence-corrected chi connectivity index (χ3v) is 7.98. The van der Waals surface area contributed by atoms with Crippen molar-refractivity contribution < 1.29 is 9.29 Å². The number of rotatable bonds is 7. The van der Waals surface area contributed by atoms with E-state index in [1.807, 2.05) is 63.8 Å². The van der Waals surface area contributed by atoms with Gasteiger partial charge in [0.05, 0.1) is 30.7 Å². The summed E-state index contributed by atoms with van der Waals surface area (Å²) in [6, 6.07) is 7.95. The van der Waals surface area contributed by atoms with E-state index in [2.05, 4.69) is 20.0 Å². The molecule has 1 fully saturated rings. The lowest BCUT2D eigenvalue weighted by Gasteiger charge is -2.33. The van der Waals surface area contributed by atoms with E-state index in [0.29, 0.717) is 13.1 Å². The van der Waals surface area contributed by atoms with Crippen LogP contribution in [0.5, 0.6) is 5.75 Å². The molecule has 5 rings (SSSR count). The number of ether oxygens (including phenoxy) is 1. The van der Waals surface area contributed by atoms with Gasteiger partial charge in [0.15, 0.2) is 11.3 Å². The molecular formula is C22H27N7O2S2. The van der Waals surface area contributed by atoms with Crippen LogP contribution < -0.4 is 15.4 Å². The van der Waals surface area contributed by atoms with Crippen LogP contribution in [0.2, 0.25) is 0 Å². The monoisotopic (exact) mass is 485 g/mol. The van der Waals surface area contributed by atoms with E-state index in [1.54, 1.807) is 18.4 Å². The normalized spacial score (nSPS) is 21.8. The first-order valence-electron chi connectivity index (χ1n) is 10.9. The lowest BCUT2D eigenvalue weighted by atomic mass is 10.1. The Morgan fingerprint density at radius 3 is 3.15 bits per heavy atom. The van der Waals surface area contributed by atoms with E-state index in [4.69, 9.17) is 9.72 Å². The smallest absolute Gasteiger partial charge is 0.194 e. The topological polar surface area (TPSA) is 92.5 Å². The Hall–Kier alpha value is -2.41. The molecule has 11 heteroatoms. The van der Waals surface area contributed by atoms with Crippen LogP contribution in [0.15, 0.2) is 46.9 Å². The summed E-state index contributed by atoms with van der Waals surface area (Å²) in [5.74, 6) is 0.794. The zero-order chi connectivity index (χ0) is 22.8. The summed E-state index contributed by atoms with van der Waals surface area (Å²) in [6.07, 6.45) is 6.57. The fourth-order valence-electron chi connectivity index (χ4n) is 4.04. The van der Waals surface area contributed by atoms with Crippen LogP contribution in [0.25, 0.3) is 21.9 Å². The Kier molecular flexibility index (Phi) is 6.67. The Morgan fingerprint density at radius 1 is 1.36 bits per heavy atom. The molecule has 1 saturated heterocycles. The second kappa shape index (κ2) is 9.84. The summed E-state index contributed by atoms with van der Waals surface area (Å²) < 4.78 is 23.8. The van der Waals surface area contributed by atoms with E-state index in [0.717, 1.165) is 52.9 Å². The van der Waals surface area contributed by atoms with Gasteiger partial charge in [0, 0.05) is 50.0 Å². The predicted octanol–water partition coefficient (Wildman–Crippen LogP) is 2.18. The number of fused-ring (bicyclic) bond motifs is 1. The molecule has 0 saturated carbocycles. The molecule has 2 aliphatic heterocycles. The van der Waals surface area contributed by atoms with Gasteiger partial charge in [-0.1, -0.05) is 12.1 Å². The van der Waals surface area contributed by atoms with Gasteiger partial charge in [-0.05, 0) is 24.6 Å². The molecule has 0 amide bonds. The average Bonchev–Trinajstić information content (AvgIpc) is 3.43. The first-order valence-corrected chi connectivity index (χ1v) is 12.8. The molecule has 2 unspecified atom stereocenters. The number of thiazole rings is 1. The first kappa shape index (κ1) is 22.4. The minimum atomic E-state index is -1.06. The maximum absolute atomic E-state index is 12.4. The maximum Gasteiger partial charge on any atom is 0.194 e. The van der Waals surface area contributed by atoms with Gasteiger partial charge in [0.2, 0.25) is 0 Å². The molecule has 0 bridgehead atoms. The van der Waals surface area contributed by atoms with Gasteiger partial charge in [-0.2, -0.15) is 0 Å². The molecule has 9 nitrogen and oxygen atoms in total. The summed E-state index contributed by atoms with van der Waals surface area (Å²) in [6.45, 7) is 3.09. The Morgan fingerprint density at radius 2 is 2.27 bits per heavy atom. The van der Waals surface area contributed by atoms with E-state index in [1.165, 1.54) is 0 Å². The van der Waals surface area contributed by atoms with Crippen LogP contribution in [0.3, 0.4) is 0 Å². The van der Waals surface area contributed by atoms with E-state index in [-0.39, 0.29) is 6.29 Å². The van der Waals surface area contributed by atoms with Crippen molar-refractivity contribution in [1.82, 2.24) is 28.6 Å². The Labute approximate surface area is 200 Å². The van der Waals surface area contributed by atoms with Gasteiger partial charge >= 0.3 is 0 Å². The molecular weight excluding hydrogens is 458 g/mol. The predicted molar refractivity (Wildman–Crippen MR) is 133 cm³/mol. The molecule has 2 aromatic heterocycles. The van der Waals surface area contributed by atoms with Gasteiger partial charge < -0.3 is 14.6 Å². The van der Waals surface area contributed by atoms with E-state index < -0.39 is 11.5 Å². The Bertz CT molecular complexity index is 1170. The number of aromatic nitrogens is 2. The van der Waals surface area contributed by atoms with Crippen molar-refractivity contribution in [3.8, 4) is 17.0 Å². The highest BCUT2D eigenvalue weighted by Gasteiger charge is 2.29. The maximum atomic E-state index is 12.4. The van der Waals surface area contributed by atoms with Crippen molar-refractivity contribution in [1.29, 1.82) is 0 Å². The van der Waals surface area contributed by atoms with E-state index >= 15 is 0 Å². The number of imidazole rings is 1. The number of aliphatic imine (C=N–C) groups is 1. The lowest BCUT2D eigenvalue weighted by Crippen LogP contribution is -2.51. The van der Waals surface area contributed by atoms with Crippen LogP contribution in [0.4, 0.5) is 0 Å². The third kappa shape index (κ3) is 4.65. The van der Waals surface area contributed by atoms with Gasteiger partial charge in [-0.25, -0.2) is 4.98 Å². The molecule has 33 heavy (non-hydrogen) atoms. The second-order valence-electron chi connectivity index (χ2n) is 7.84. The van der Waals surface area contributed by atoms with Crippen LogP contribution >= 0.6 is 11.3 Å². The molecule has 1 aromatic carbocycles. The molecule has 4 heterocycles. The lowest BCUT2D eigenvalue weighted by molar-refractivity contribution is 0.301. The molecule has 0 aliphatic carbocycles. The van der Waals surface area contributed by atoms with Gasteiger partial charge in [-0.15, -0.1) is 19.9 Å². The second-order valence-corrected chi connectivity index (χ2v) is 10.3. The SMILES string of the molecule is COc1cccc(-c2nc3sccn3c2C2=CC=NC(NCCN3CCCN(C)[S+]3[O-])N2)c1. The average molecular weight is 486 g/mol. The summed E-state index contributed by atoms with van der Waals surface area (Å²) in [5.41, 5.74) is 3.80. The van der Waals surface area contributed by atoms with Crippen LogP contribution in [0, 0.1) is 0 Å². The quantitative estimate of drug-likeness (QED) is 0.496. The highest BCUT2D eigenvalue weighted by atomic mass is 32.2. The summed E-state index contributed by atoms with van der Waals surface area (Å²) in [5, 5.41) is 8.95. The highest BCUT2D eigenvalue weighted by molar-refractivity contribution is 7.86. The third-order valence-electron chi connectivity index (χ3n) is 5.70. The molecule has 0 radical (unpaired) electrons. The summed E-state index contributed by atoms with van der Waals surface area (Å²) in [4.78, 5) is 10.3. The molecule has 2 N–H and O–H groups in total. The zero-order valence-electron chi connectivity index (χ0n) is 18.6. The number of hydrogen-bond donors (Lipinski definition) is 2. The zero-order valence-corrected chi connectivity index (χ0v) is 20.2. The first-order chi connectivity index (χ1) is 16.1. The van der Waals surface area contributed by atoms with Crippen molar-refractivity contribution in [2.24, 2.45) is 4.99 Å². The van der Waals surface area contributed by atoms with Gasteiger partial charge in [-0.3, -0.25) is 14.7 Å². The van der Waals surface area contributed by atoms with Crippen molar-refractivity contribution >= 4 is 39.8 Å². The molecule has 3 aromatic rings. The number of nitrogens with one attached hydrogen (secondary N) is 2. The Balaban J connectivity index is 1.32. The minimum absolute atomic E-state index is 0.275. The number of methoxy groups -OCH3 is 1. The highest BCUT2D eigenvalue weighted by Crippen LogP contribution is 2.32. The number of nitrogens with zero attached hydrogens (tertiary/aromatic N) is 5. The largest absolute Gasteiger partial charge is 0.578 e. The molecule has 2 atom stereocenters. The molecule has 0 spiro atoms. The van der Waals surface area contributed by atoms with Crippen LogP contribution in [0.1, 0.15) is 12.1 Å². The van der Waals surface area contributed by atoms with Crippen molar-refractivity contribution in [3.05, 3.63) is 47.6 Å².